The van der Waals surface area contributed by atoms with E-state index in [-0.39, 0.29) is 11.3 Å². The molecule has 0 aliphatic carbocycles. The Kier molecular flexibility index (Phi) is 4.65. The number of carbonyl (C=O) groups excluding carboxylic acids is 1. The molecule has 1 aliphatic rings. The molecule has 0 fully saturated rings. The van der Waals surface area contributed by atoms with Gasteiger partial charge in [-0.1, -0.05) is 18.2 Å². The van der Waals surface area contributed by atoms with E-state index in [0.29, 0.717) is 12.0 Å². The van der Waals surface area contributed by atoms with Gasteiger partial charge in [0.15, 0.2) is 0 Å². The summed E-state index contributed by atoms with van der Waals surface area (Å²) in [5, 5.41) is 3.28. The minimum absolute atomic E-state index is 0.102. The summed E-state index contributed by atoms with van der Waals surface area (Å²) >= 11 is 1.83. The molecule has 7 heteroatoms. The summed E-state index contributed by atoms with van der Waals surface area (Å²) in [5.74, 6) is 1.63. The summed E-state index contributed by atoms with van der Waals surface area (Å²) in [7, 11) is 0. The van der Waals surface area contributed by atoms with E-state index >= 15 is 0 Å². The van der Waals surface area contributed by atoms with Crippen LogP contribution in [0.1, 0.15) is 38.4 Å². The Morgan fingerprint density at radius 1 is 1.24 bits per heavy atom. The second-order valence-electron chi connectivity index (χ2n) is 6.90. The number of thioether (sulfide) groups is 1. The van der Waals surface area contributed by atoms with E-state index in [1.54, 1.807) is 18.6 Å². The number of carbonyl (C=O) groups is 1. The van der Waals surface area contributed by atoms with E-state index in [1.165, 1.54) is 0 Å². The van der Waals surface area contributed by atoms with E-state index in [9.17, 15) is 4.79 Å². The number of aromatic amines is 1. The van der Waals surface area contributed by atoms with Gasteiger partial charge >= 0.3 is 0 Å². The average Bonchev–Trinajstić information content (AvgIpc) is 3.48. The Bertz CT molecular complexity index is 1140. The van der Waals surface area contributed by atoms with Gasteiger partial charge in [-0.2, -0.15) is 0 Å². The van der Waals surface area contributed by atoms with Crippen LogP contribution in [-0.4, -0.2) is 25.4 Å². The maximum absolute atomic E-state index is 12.9. The highest BCUT2D eigenvalue weighted by Crippen LogP contribution is 2.43. The molecule has 1 atom stereocenters. The van der Waals surface area contributed by atoms with Crippen LogP contribution in [0.4, 0.5) is 5.69 Å². The Hall–Kier alpha value is -3.32. The van der Waals surface area contributed by atoms with E-state index in [4.69, 9.17) is 0 Å². The average molecular weight is 401 g/mol. The molecule has 0 saturated carbocycles. The number of pyridine rings is 1. The molecule has 4 heterocycles. The second kappa shape index (κ2) is 7.60. The van der Waals surface area contributed by atoms with Crippen LogP contribution in [0, 0.1) is 0 Å². The van der Waals surface area contributed by atoms with Crippen LogP contribution in [0.2, 0.25) is 0 Å². The normalized spacial score (nSPS) is 15.2. The third kappa shape index (κ3) is 3.56. The topological polar surface area (TPSA) is 75.6 Å². The number of nitrogens with zero attached hydrogens (tertiary/aromatic N) is 3. The number of fused-ring (bicyclic) bond motifs is 1. The molecule has 1 unspecified atom stereocenters. The minimum atomic E-state index is -0.102. The lowest BCUT2D eigenvalue weighted by atomic mass is 10.1. The maximum Gasteiger partial charge on any atom is 0.255 e. The van der Waals surface area contributed by atoms with Crippen LogP contribution >= 0.6 is 11.8 Å². The number of anilines is 1. The Morgan fingerprint density at radius 2 is 2.21 bits per heavy atom. The van der Waals surface area contributed by atoms with Gasteiger partial charge in [-0.15, -0.1) is 11.8 Å². The number of H-pyrrole nitrogens is 1. The SMILES string of the molecule is O=C(Nc1ccn2c1CSC2c1cccnc1)c1cccc(Cc2ncc[nH]2)c1. The Morgan fingerprint density at radius 3 is 3.03 bits per heavy atom. The van der Waals surface area contributed by atoms with Gasteiger partial charge in [0, 0.05) is 54.3 Å². The first kappa shape index (κ1) is 17.8. The van der Waals surface area contributed by atoms with Crippen molar-refractivity contribution < 1.29 is 4.79 Å². The predicted molar refractivity (Wildman–Crippen MR) is 114 cm³/mol. The smallest absolute Gasteiger partial charge is 0.255 e. The molecule has 144 valence electrons. The molecule has 5 rings (SSSR count). The molecular weight excluding hydrogens is 382 g/mol. The van der Waals surface area contributed by atoms with E-state index < -0.39 is 0 Å². The fraction of sp³-hybridized carbons (Fsp3) is 0.136. The van der Waals surface area contributed by atoms with Crippen molar-refractivity contribution in [2.24, 2.45) is 0 Å². The third-order valence-corrected chi connectivity index (χ3v) is 6.24. The second-order valence-corrected chi connectivity index (χ2v) is 7.97. The highest BCUT2D eigenvalue weighted by molar-refractivity contribution is 7.99. The Labute approximate surface area is 172 Å². The van der Waals surface area contributed by atoms with Crippen molar-refractivity contribution >= 4 is 23.4 Å². The van der Waals surface area contributed by atoms with Crippen LogP contribution in [0.5, 0.6) is 0 Å². The zero-order valence-corrected chi connectivity index (χ0v) is 16.4. The minimum Gasteiger partial charge on any atom is -0.348 e. The Balaban J connectivity index is 1.34. The van der Waals surface area contributed by atoms with Crippen LogP contribution in [0.15, 0.2) is 73.4 Å². The van der Waals surface area contributed by atoms with Crippen LogP contribution in [0.25, 0.3) is 0 Å². The van der Waals surface area contributed by atoms with Gasteiger partial charge in [0.25, 0.3) is 5.91 Å². The molecule has 1 aromatic carbocycles. The monoisotopic (exact) mass is 401 g/mol. The lowest BCUT2D eigenvalue weighted by Gasteiger charge is -2.12. The van der Waals surface area contributed by atoms with Gasteiger partial charge in [-0.25, -0.2) is 4.98 Å². The molecule has 4 aromatic rings. The molecule has 3 aromatic heterocycles. The number of aromatic nitrogens is 4. The summed E-state index contributed by atoms with van der Waals surface area (Å²) < 4.78 is 2.21. The molecule has 0 spiro atoms. The summed E-state index contributed by atoms with van der Waals surface area (Å²) in [6.45, 7) is 0. The molecule has 29 heavy (non-hydrogen) atoms. The van der Waals surface area contributed by atoms with Crippen LogP contribution in [0.3, 0.4) is 0 Å². The lowest BCUT2D eigenvalue weighted by molar-refractivity contribution is 0.102. The molecule has 6 nitrogen and oxygen atoms in total. The van der Waals surface area contributed by atoms with Crippen molar-refractivity contribution in [3.63, 3.8) is 0 Å². The van der Waals surface area contributed by atoms with E-state index in [0.717, 1.165) is 34.1 Å². The number of hydrogen-bond acceptors (Lipinski definition) is 4. The highest BCUT2D eigenvalue weighted by Gasteiger charge is 2.27. The molecule has 1 aliphatic heterocycles. The number of nitrogens with one attached hydrogen (secondary N) is 2. The summed E-state index contributed by atoms with van der Waals surface area (Å²) in [5.41, 5.74) is 4.84. The summed E-state index contributed by atoms with van der Waals surface area (Å²) in [6, 6.07) is 13.7. The van der Waals surface area contributed by atoms with Crippen molar-refractivity contribution in [1.82, 2.24) is 19.5 Å². The van der Waals surface area contributed by atoms with Gasteiger partial charge in [0.05, 0.1) is 11.4 Å². The number of benzene rings is 1. The van der Waals surface area contributed by atoms with Gasteiger partial charge < -0.3 is 14.9 Å². The fourth-order valence-electron chi connectivity index (χ4n) is 3.59. The third-order valence-electron chi connectivity index (χ3n) is 4.99. The van der Waals surface area contributed by atoms with Crippen LogP contribution in [-0.2, 0) is 12.2 Å². The maximum atomic E-state index is 12.9. The number of imidazole rings is 1. The highest BCUT2D eigenvalue weighted by atomic mass is 32.2. The molecule has 1 amide bonds. The van der Waals surface area contributed by atoms with Crippen molar-refractivity contribution in [3.05, 3.63) is 102 Å². The quantitative estimate of drug-likeness (QED) is 0.524. The van der Waals surface area contributed by atoms with E-state index in [2.05, 4.69) is 30.9 Å². The molecule has 2 N–H and O–H groups in total. The zero-order chi connectivity index (χ0) is 19.6. The zero-order valence-electron chi connectivity index (χ0n) is 15.6. The van der Waals surface area contributed by atoms with E-state index in [1.807, 2.05) is 60.6 Å². The largest absolute Gasteiger partial charge is 0.348 e. The van der Waals surface area contributed by atoms with Crippen LogP contribution < -0.4 is 5.32 Å². The first-order valence-electron chi connectivity index (χ1n) is 9.38. The van der Waals surface area contributed by atoms with Gasteiger partial charge in [-0.3, -0.25) is 9.78 Å². The number of hydrogen-bond donors (Lipinski definition) is 2. The van der Waals surface area contributed by atoms with Crippen molar-refractivity contribution in [2.75, 3.05) is 5.32 Å². The molecule has 0 bridgehead atoms. The number of amides is 1. The fourth-order valence-corrected chi connectivity index (χ4v) is 4.90. The van der Waals surface area contributed by atoms with Crippen molar-refractivity contribution in [1.29, 1.82) is 0 Å². The van der Waals surface area contributed by atoms with Crippen molar-refractivity contribution in [2.45, 2.75) is 17.5 Å². The molecule has 0 saturated heterocycles. The first-order chi connectivity index (χ1) is 14.3. The van der Waals surface area contributed by atoms with Crippen molar-refractivity contribution in [3.8, 4) is 0 Å². The summed E-state index contributed by atoms with van der Waals surface area (Å²) in [4.78, 5) is 24.4. The predicted octanol–water partition coefficient (Wildman–Crippen LogP) is 4.24. The molecular formula is C22H19N5OS. The summed E-state index contributed by atoms with van der Waals surface area (Å²) in [6.07, 6.45) is 9.92. The van der Waals surface area contributed by atoms with Gasteiger partial charge in [0.2, 0.25) is 0 Å². The molecule has 0 radical (unpaired) electrons. The van der Waals surface area contributed by atoms with Gasteiger partial charge in [0.1, 0.15) is 11.2 Å². The van der Waals surface area contributed by atoms with Gasteiger partial charge in [-0.05, 0) is 29.8 Å². The lowest BCUT2D eigenvalue weighted by Crippen LogP contribution is -2.13. The first-order valence-corrected chi connectivity index (χ1v) is 10.4. The standard InChI is InChI=1S/C22H19N5OS/c28-21(16-4-1-3-15(11-16)12-20-24-8-9-25-20)26-18-6-10-27-19(18)14-29-22(27)17-5-2-7-23-13-17/h1-11,13,22H,12,14H2,(H,24,25)(H,26,28). The number of rotatable bonds is 5.